The largest absolute Gasteiger partial charge is 0.352 e. The Morgan fingerprint density at radius 2 is 2.19 bits per heavy atom. The van der Waals surface area contributed by atoms with Gasteiger partial charge in [-0.2, -0.15) is 0 Å². The molecule has 0 spiro atoms. The highest BCUT2D eigenvalue weighted by atomic mass is 79.9. The third kappa shape index (κ3) is 3.30. The van der Waals surface area contributed by atoms with Crippen molar-refractivity contribution in [1.29, 1.82) is 0 Å². The van der Waals surface area contributed by atoms with E-state index in [1.54, 1.807) is 6.07 Å². The fourth-order valence-corrected chi connectivity index (χ4v) is 1.79. The number of halogens is 1. The van der Waals surface area contributed by atoms with Gasteiger partial charge in [-0.15, -0.1) is 0 Å². The van der Waals surface area contributed by atoms with Crippen molar-refractivity contribution in [1.82, 2.24) is 5.32 Å². The highest BCUT2D eigenvalue weighted by Crippen LogP contribution is 2.19. The number of nitro benzene ring substituents is 1. The van der Waals surface area contributed by atoms with E-state index in [0.29, 0.717) is 11.9 Å². The normalized spacial score (nSPS) is 9.88. The molecule has 1 aromatic carbocycles. The Labute approximate surface area is 101 Å². The van der Waals surface area contributed by atoms with Gasteiger partial charge < -0.3 is 5.32 Å². The molecular formula is C10H11BrN2O3. The highest BCUT2D eigenvalue weighted by Gasteiger charge is 2.10. The van der Waals surface area contributed by atoms with E-state index < -0.39 is 4.92 Å². The summed E-state index contributed by atoms with van der Waals surface area (Å²) in [6.07, 6.45) is 0. The van der Waals surface area contributed by atoms with Crippen LogP contribution in [0.25, 0.3) is 0 Å². The monoisotopic (exact) mass is 286 g/mol. The molecule has 0 heterocycles. The lowest BCUT2D eigenvalue weighted by molar-refractivity contribution is -0.384. The second-order valence-corrected chi connectivity index (χ2v) is 3.81. The van der Waals surface area contributed by atoms with Crippen LogP contribution in [-0.2, 0) is 16.7 Å². The number of nitrogens with one attached hydrogen (secondary N) is 1. The molecule has 0 fully saturated rings. The van der Waals surface area contributed by atoms with Gasteiger partial charge in [0.15, 0.2) is 0 Å². The van der Waals surface area contributed by atoms with Crippen LogP contribution in [0.5, 0.6) is 0 Å². The van der Waals surface area contributed by atoms with E-state index in [2.05, 4.69) is 21.2 Å². The molecule has 6 heteroatoms. The Morgan fingerprint density at radius 3 is 2.69 bits per heavy atom. The molecule has 1 amide bonds. The fourth-order valence-electron chi connectivity index (χ4n) is 1.24. The average Bonchev–Trinajstić information content (AvgIpc) is 2.25. The number of alkyl halides is 1. The number of rotatable bonds is 4. The van der Waals surface area contributed by atoms with Crippen molar-refractivity contribution in [3.63, 3.8) is 0 Å². The summed E-state index contributed by atoms with van der Waals surface area (Å²) in [5.74, 6) is -0.160. The maximum atomic E-state index is 10.8. The molecule has 0 aliphatic rings. The van der Waals surface area contributed by atoms with E-state index in [0.717, 1.165) is 11.1 Å². The van der Waals surface area contributed by atoms with Gasteiger partial charge >= 0.3 is 0 Å². The fraction of sp³-hybridized carbons (Fsp3) is 0.300. The number of carbonyl (C=O) groups excluding carboxylic acids is 1. The maximum Gasteiger partial charge on any atom is 0.269 e. The van der Waals surface area contributed by atoms with Crippen LogP contribution in [-0.4, -0.2) is 10.8 Å². The molecule has 0 unspecified atom stereocenters. The summed E-state index contributed by atoms with van der Waals surface area (Å²) in [6.45, 7) is 1.71. The standard InChI is InChI=1S/C10H11BrN2O3/c1-7(14)12-6-9-4-10(13(15)16)3-2-8(9)5-11/h2-4H,5-6H2,1H3,(H,12,14). The van der Waals surface area contributed by atoms with Crippen molar-refractivity contribution in [2.45, 2.75) is 18.8 Å². The lowest BCUT2D eigenvalue weighted by atomic mass is 10.1. The minimum Gasteiger partial charge on any atom is -0.352 e. The summed E-state index contributed by atoms with van der Waals surface area (Å²) in [5.41, 5.74) is 1.71. The van der Waals surface area contributed by atoms with Crippen LogP contribution in [0, 0.1) is 10.1 Å². The first-order valence-corrected chi connectivity index (χ1v) is 5.73. The number of hydrogen-bond donors (Lipinski definition) is 1. The van der Waals surface area contributed by atoms with Crippen molar-refractivity contribution in [3.05, 3.63) is 39.4 Å². The summed E-state index contributed by atoms with van der Waals surface area (Å²) < 4.78 is 0. The Hall–Kier alpha value is -1.43. The lowest BCUT2D eigenvalue weighted by Crippen LogP contribution is -2.19. The molecule has 86 valence electrons. The summed E-state index contributed by atoms with van der Waals surface area (Å²) in [6, 6.07) is 4.62. The zero-order valence-corrected chi connectivity index (χ0v) is 10.3. The Kier molecular flexibility index (Phi) is 4.42. The minimum atomic E-state index is -0.449. The molecule has 5 nitrogen and oxygen atoms in total. The zero-order valence-electron chi connectivity index (χ0n) is 8.70. The topological polar surface area (TPSA) is 72.2 Å². The number of carbonyl (C=O) groups is 1. The number of hydrogen-bond acceptors (Lipinski definition) is 3. The molecule has 1 N–H and O–H groups in total. The minimum absolute atomic E-state index is 0.0325. The van der Waals surface area contributed by atoms with Crippen LogP contribution in [0.1, 0.15) is 18.1 Å². The van der Waals surface area contributed by atoms with E-state index in [4.69, 9.17) is 0 Å². The van der Waals surface area contributed by atoms with Gasteiger partial charge in [0.05, 0.1) is 4.92 Å². The van der Waals surface area contributed by atoms with Gasteiger partial charge in [0.2, 0.25) is 5.91 Å². The van der Waals surface area contributed by atoms with Crippen molar-refractivity contribution in [2.75, 3.05) is 0 Å². The van der Waals surface area contributed by atoms with Crippen LogP contribution in [0.15, 0.2) is 18.2 Å². The maximum absolute atomic E-state index is 10.8. The predicted molar refractivity (Wildman–Crippen MR) is 63.2 cm³/mol. The third-order valence-electron chi connectivity index (χ3n) is 2.07. The van der Waals surface area contributed by atoms with Crippen molar-refractivity contribution >= 4 is 27.5 Å². The number of nitrogens with zero attached hydrogens (tertiary/aromatic N) is 1. The Bertz CT molecular complexity index is 421. The van der Waals surface area contributed by atoms with E-state index in [9.17, 15) is 14.9 Å². The first-order valence-electron chi connectivity index (χ1n) is 4.61. The van der Waals surface area contributed by atoms with Gasteiger partial charge in [0.25, 0.3) is 5.69 Å². The van der Waals surface area contributed by atoms with Gasteiger partial charge in [-0.1, -0.05) is 22.0 Å². The smallest absolute Gasteiger partial charge is 0.269 e. The van der Waals surface area contributed by atoms with E-state index >= 15 is 0 Å². The lowest BCUT2D eigenvalue weighted by Gasteiger charge is -2.07. The number of non-ortho nitro benzene ring substituents is 1. The van der Waals surface area contributed by atoms with E-state index in [1.807, 2.05) is 0 Å². The molecule has 0 saturated heterocycles. The summed E-state index contributed by atoms with van der Waals surface area (Å²) in [7, 11) is 0. The van der Waals surface area contributed by atoms with E-state index in [1.165, 1.54) is 19.1 Å². The van der Waals surface area contributed by atoms with Gasteiger partial charge in [0.1, 0.15) is 0 Å². The Balaban J connectivity index is 2.97. The van der Waals surface area contributed by atoms with Gasteiger partial charge in [0, 0.05) is 30.9 Å². The van der Waals surface area contributed by atoms with Crippen LogP contribution < -0.4 is 5.32 Å². The summed E-state index contributed by atoms with van der Waals surface area (Å²) in [4.78, 5) is 20.9. The molecule has 1 rings (SSSR count). The molecular weight excluding hydrogens is 276 g/mol. The molecule has 16 heavy (non-hydrogen) atoms. The SMILES string of the molecule is CC(=O)NCc1cc([N+](=O)[O-])ccc1CBr. The molecule has 0 radical (unpaired) electrons. The number of benzene rings is 1. The molecule has 0 atom stereocenters. The van der Waals surface area contributed by atoms with Crippen LogP contribution >= 0.6 is 15.9 Å². The van der Waals surface area contributed by atoms with Gasteiger partial charge in [-0.3, -0.25) is 14.9 Å². The quantitative estimate of drug-likeness (QED) is 0.524. The van der Waals surface area contributed by atoms with Gasteiger partial charge in [-0.05, 0) is 11.1 Å². The molecule has 0 aliphatic carbocycles. The molecule has 0 saturated carbocycles. The average molecular weight is 287 g/mol. The van der Waals surface area contributed by atoms with Crippen LogP contribution in [0.4, 0.5) is 5.69 Å². The van der Waals surface area contributed by atoms with Crippen molar-refractivity contribution in [3.8, 4) is 0 Å². The number of nitro groups is 1. The highest BCUT2D eigenvalue weighted by molar-refractivity contribution is 9.08. The first kappa shape index (κ1) is 12.6. The van der Waals surface area contributed by atoms with Crippen molar-refractivity contribution in [2.24, 2.45) is 0 Å². The van der Waals surface area contributed by atoms with Crippen LogP contribution in [0.2, 0.25) is 0 Å². The zero-order chi connectivity index (χ0) is 12.1. The van der Waals surface area contributed by atoms with Crippen LogP contribution in [0.3, 0.4) is 0 Å². The van der Waals surface area contributed by atoms with Crippen molar-refractivity contribution < 1.29 is 9.72 Å². The second kappa shape index (κ2) is 5.60. The number of amides is 1. The molecule has 1 aromatic rings. The molecule has 0 aromatic heterocycles. The van der Waals surface area contributed by atoms with Gasteiger partial charge in [-0.25, -0.2) is 0 Å². The molecule has 0 aliphatic heterocycles. The predicted octanol–water partition coefficient (Wildman–Crippen LogP) is 2.13. The summed E-state index contributed by atoms with van der Waals surface area (Å²) >= 11 is 3.29. The summed E-state index contributed by atoms with van der Waals surface area (Å²) in [5, 5.41) is 13.8. The first-order chi connectivity index (χ1) is 7.54. The third-order valence-corrected chi connectivity index (χ3v) is 2.68. The molecule has 0 bridgehead atoms. The Morgan fingerprint density at radius 1 is 1.50 bits per heavy atom. The second-order valence-electron chi connectivity index (χ2n) is 3.25. The van der Waals surface area contributed by atoms with E-state index in [-0.39, 0.29) is 11.6 Å².